The Morgan fingerprint density at radius 2 is 1.82 bits per heavy atom. The molecular formula is C9H12S2. The first-order valence-corrected chi connectivity index (χ1v) is 4.61. The van der Waals surface area contributed by atoms with Crippen LogP contribution in [0.5, 0.6) is 0 Å². The van der Waals surface area contributed by atoms with E-state index in [2.05, 4.69) is 44.3 Å². The quantitative estimate of drug-likeness (QED) is 0.605. The predicted molar refractivity (Wildman–Crippen MR) is 57.1 cm³/mol. The first-order chi connectivity index (χ1) is 5.25. The second-order valence-electron chi connectivity index (χ2n) is 2.48. The van der Waals surface area contributed by atoms with E-state index in [0.29, 0.717) is 5.92 Å². The highest BCUT2D eigenvalue weighted by molar-refractivity contribution is 7.88. The fraction of sp³-hybridized carbons (Fsp3) is 0.333. The van der Waals surface area contributed by atoms with Crippen molar-refractivity contribution in [3.8, 4) is 0 Å². The van der Waals surface area contributed by atoms with Gasteiger partial charge >= 0.3 is 0 Å². The van der Waals surface area contributed by atoms with E-state index in [1.54, 1.807) is 0 Å². The number of rotatable bonds is 2. The topological polar surface area (TPSA) is 0 Å². The SMILES string of the molecule is CC/C(S)=C(\S)C1C=CC=C1. The average Bonchev–Trinajstić information content (AvgIpc) is 2.53. The molecule has 0 radical (unpaired) electrons. The molecule has 0 nitrogen and oxygen atoms in total. The van der Waals surface area contributed by atoms with Gasteiger partial charge in [0.1, 0.15) is 0 Å². The number of hydrogen-bond acceptors (Lipinski definition) is 2. The van der Waals surface area contributed by atoms with Crippen LogP contribution in [0.3, 0.4) is 0 Å². The maximum absolute atomic E-state index is 4.40. The van der Waals surface area contributed by atoms with E-state index < -0.39 is 0 Å². The minimum atomic E-state index is 0.366. The third-order valence-corrected chi connectivity index (χ3v) is 3.00. The van der Waals surface area contributed by atoms with E-state index in [-0.39, 0.29) is 0 Å². The molecule has 0 spiro atoms. The van der Waals surface area contributed by atoms with Gasteiger partial charge in [-0.25, -0.2) is 0 Å². The van der Waals surface area contributed by atoms with Crippen molar-refractivity contribution in [3.05, 3.63) is 34.1 Å². The van der Waals surface area contributed by atoms with Gasteiger partial charge in [0.15, 0.2) is 0 Å². The molecule has 0 saturated carbocycles. The van der Waals surface area contributed by atoms with Crippen LogP contribution in [0.15, 0.2) is 34.1 Å². The second-order valence-corrected chi connectivity index (χ2v) is 3.50. The molecule has 1 rings (SSSR count). The monoisotopic (exact) mass is 184 g/mol. The lowest BCUT2D eigenvalue weighted by Gasteiger charge is -2.07. The Labute approximate surface area is 78.9 Å². The molecule has 0 unspecified atom stereocenters. The minimum absolute atomic E-state index is 0.366. The third-order valence-electron chi connectivity index (χ3n) is 1.69. The summed E-state index contributed by atoms with van der Waals surface area (Å²) in [6, 6.07) is 0. The van der Waals surface area contributed by atoms with Gasteiger partial charge < -0.3 is 0 Å². The Kier molecular flexibility index (Phi) is 3.34. The molecule has 60 valence electrons. The van der Waals surface area contributed by atoms with Gasteiger partial charge in [-0.15, -0.1) is 25.3 Å². The molecule has 0 aromatic heterocycles. The van der Waals surface area contributed by atoms with Crippen LogP contribution in [-0.4, -0.2) is 0 Å². The molecule has 1 aliphatic rings. The van der Waals surface area contributed by atoms with Crippen LogP contribution in [0.2, 0.25) is 0 Å². The van der Waals surface area contributed by atoms with Gasteiger partial charge in [-0.05, 0) is 11.3 Å². The van der Waals surface area contributed by atoms with Crippen LogP contribution < -0.4 is 0 Å². The molecule has 0 amide bonds. The number of thiol groups is 2. The van der Waals surface area contributed by atoms with E-state index >= 15 is 0 Å². The first-order valence-electron chi connectivity index (χ1n) is 3.71. The summed E-state index contributed by atoms with van der Waals surface area (Å²) in [5, 5.41) is 0. The summed E-state index contributed by atoms with van der Waals surface area (Å²) < 4.78 is 0. The van der Waals surface area contributed by atoms with Crippen molar-refractivity contribution in [2.75, 3.05) is 0 Å². The van der Waals surface area contributed by atoms with Crippen LogP contribution in [0.4, 0.5) is 0 Å². The highest BCUT2D eigenvalue weighted by atomic mass is 32.1. The van der Waals surface area contributed by atoms with E-state index in [0.717, 1.165) is 16.2 Å². The maximum atomic E-state index is 4.40. The van der Waals surface area contributed by atoms with E-state index in [4.69, 9.17) is 0 Å². The third kappa shape index (κ3) is 2.17. The van der Waals surface area contributed by atoms with Crippen molar-refractivity contribution in [2.24, 2.45) is 5.92 Å². The van der Waals surface area contributed by atoms with Gasteiger partial charge in [0.25, 0.3) is 0 Å². The second kappa shape index (κ2) is 4.07. The molecule has 0 heterocycles. The maximum Gasteiger partial charge on any atom is 0.0270 e. The summed E-state index contributed by atoms with van der Waals surface area (Å²) in [5.41, 5.74) is 0. The average molecular weight is 184 g/mol. The van der Waals surface area contributed by atoms with E-state index in [9.17, 15) is 0 Å². The summed E-state index contributed by atoms with van der Waals surface area (Å²) in [4.78, 5) is 2.15. The predicted octanol–water partition coefficient (Wildman–Crippen LogP) is 3.21. The van der Waals surface area contributed by atoms with Crippen LogP contribution in [0.1, 0.15) is 13.3 Å². The number of hydrogen-bond donors (Lipinski definition) is 2. The zero-order valence-electron chi connectivity index (χ0n) is 6.49. The molecule has 0 fully saturated rings. The number of allylic oxidation sites excluding steroid dienone is 6. The van der Waals surface area contributed by atoms with Gasteiger partial charge in [-0.2, -0.15) is 0 Å². The zero-order chi connectivity index (χ0) is 8.27. The van der Waals surface area contributed by atoms with Crippen LogP contribution >= 0.6 is 25.3 Å². The lowest BCUT2D eigenvalue weighted by atomic mass is 10.1. The van der Waals surface area contributed by atoms with Gasteiger partial charge in [0.2, 0.25) is 0 Å². The lowest BCUT2D eigenvalue weighted by Crippen LogP contribution is -1.90. The standard InChI is InChI=1S/C9H12S2/c1-2-8(10)9(11)7-5-3-4-6-7/h3-7,10-11H,2H2,1H3/b9-8+. The lowest BCUT2D eigenvalue weighted by molar-refractivity contribution is 1.04. The van der Waals surface area contributed by atoms with Crippen molar-refractivity contribution in [2.45, 2.75) is 13.3 Å². The van der Waals surface area contributed by atoms with Gasteiger partial charge in [-0.3, -0.25) is 0 Å². The Hall–Kier alpha value is -0.0800. The fourth-order valence-corrected chi connectivity index (χ4v) is 1.47. The summed E-state index contributed by atoms with van der Waals surface area (Å²) in [5.74, 6) is 0.366. The molecule has 0 atom stereocenters. The Morgan fingerprint density at radius 3 is 2.27 bits per heavy atom. The smallest absolute Gasteiger partial charge is 0.0270 e. The molecule has 1 aliphatic carbocycles. The van der Waals surface area contributed by atoms with E-state index in [1.165, 1.54) is 0 Å². The molecule has 0 aliphatic heterocycles. The normalized spacial score (nSPS) is 19.2. The molecule has 0 aromatic carbocycles. The molecule has 11 heavy (non-hydrogen) atoms. The van der Waals surface area contributed by atoms with E-state index in [1.807, 2.05) is 12.2 Å². The fourth-order valence-electron chi connectivity index (χ4n) is 0.988. The molecule has 0 N–H and O–H groups in total. The van der Waals surface area contributed by atoms with Crippen molar-refractivity contribution in [1.82, 2.24) is 0 Å². The van der Waals surface area contributed by atoms with Crippen LogP contribution in [-0.2, 0) is 0 Å². The van der Waals surface area contributed by atoms with Gasteiger partial charge in [-0.1, -0.05) is 31.2 Å². The largest absolute Gasteiger partial charge is 0.147 e. The summed E-state index contributed by atoms with van der Waals surface area (Å²) in [6.45, 7) is 2.08. The summed E-state index contributed by atoms with van der Waals surface area (Å²) in [6.07, 6.45) is 9.28. The molecule has 0 aromatic rings. The first kappa shape index (κ1) is 9.01. The van der Waals surface area contributed by atoms with Gasteiger partial charge in [0, 0.05) is 10.8 Å². The summed E-state index contributed by atoms with van der Waals surface area (Å²) in [7, 11) is 0. The molecule has 0 saturated heterocycles. The van der Waals surface area contributed by atoms with Crippen molar-refractivity contribution in [1.29, 1.82) is 0 Å². The van der Waals surface area contributed by atoms with Crippen LogP contribution in [0.25, 0.3) is 0 Å². The Bertz CT molecular complexity index is 212. The Morgan fingerprint density at radius 1 is 1.27 bits per heavy atom. The minimum Gasteiger partial charge on any atom is -0.147 e. The highest BCUT2D eigenvalue weighted by Crippen LogP contribution is 2.28. The zero-order valence-corrected chi connectivity index (χ0v) is 8.28. The molecule has 0 bridgehead atoms. The van der Waals surface area contributed by atoms with Crippen molar-refractivity contribution >= 4 is 25.3 Å². The Balaban J connectivity index is 2.74. The van der Waals surface area contributed by atoms with Crippen molar-refractivity contribution in [3.63, 3.8) is 0 Å². The molecule has 2 heteroatoms. The summed E-state index contributed by atoms with van der Waals surface area (Å²) >= 11 is 8.74. The van der Waals surface area contributed by atoms with Crippen molar-refractivity contribution < 1.29 is 0 Å². The van der Waals surface area contributed by atoms with Gasteiger partial charge in [0.05, 0.1) is 0 Å². The van der Waals surface area contributed by atoms with Crippen LogP contribution in [0, 0.1) is 5.92 Å². The highest BCUT2D eigenvalue weighted by Gasteiger charge is 2.08. The molecular weight excluding hydrogens is 172 g/mol.